The number of halogens is 1. The summed E-state index contributed by atoms with van der Waals surface area (Å²) in [5.41, 5.74) is 0. The summed E-state index contributed by atoms with van der Waals surface area (Å²) >= 11 is 0. The largest absolute Gasteiger partial charge is 0.248 e. The Hall–Kier alpha value is -0.0700. The molecule has 0 amide bonds. The fraction of sp³-hybridized carbons (Fsp3) is 0.923. The number of hydrogen-bond acceptors (Lipinski definition) is 0. The first kappa shape index (κ1) is 13.9. The molecule has 0 aliphatic heterocycles. The first-order chi connectivity index (χ1) is 6.77. The van der Waals surface area contributed by atoms with E-state index in [0.29, 0.717) is 0 Å². The molecule has 0 aromatic heterocycles. The van der Waals surface area contributed by atoms with E-state index < -0.39 is 6.17 Å². The number of rotatable bonds is 10. The Kier molecular flexibility index (Phi) is 11.0. The molecular formula is C13H26F. The van der Waals surface area contributed by atoms with Gasteiger partial charge in [-0.15, -0.1) is 0 Å². The van der Waals surface area contributed by atoms with Crippen LogP contribution in [0.25, 0.3) is 0 Å². The number of alkyl halides is 1. The van der Waals surface area contributed by atoms with Crippen LogP contribution in [0.2, 0.25) is 0 Å². The highest BCUT2D eigenvalue weighted by atomic mass is 19.1. The molecule has 0 aromatic carbocycles. The maximum absolute atomic E-state index is 12.4. The van der Waals surface area contributed by atoms with E-state index in [9.17, 15) is 4.39 Å². The molecule has 0 heterocycles. The van der Waals surface area contributed by atoms with E-state index in [1.165, 1.54) is 44.9 Å². The average Bonchev–Trinajstić information content (AvgIpc) is 2.15. The molecule has 85 valence electrons. The molecule has 1 unspecified atom stereocenters. The zero-order chi connectivity index (χ0) is 10.6. The van der Waals surface area contributed by atoms with Gasteiger partial charge in [0.05, 0.1) is 6.17 Å². The molecule has 0 N–H and O–H groups in total. The summed E-state index contributed by atoms with van der Waals surface area (Å²) in [6.07, 6.45) is 11.4. The Bertz CT molecular complexity index is 99.4. The minimum absolute atomic E-state index is 0.605. The van der Waals surface area contributed by atoms with Gasteiger partial charge in [-0.2, -0.15) is 0 Å². The Morgan fingerprint density at radius 3 is 1.71 bits per heavy atom. The van der Waals surface area contributed by atoms with Crippen molar-refractivity contribution in [3.8, 4) is 0 Å². The Morgan fingerprint density at radius 2 is 1.29 bits per heavy atom. The van der Waals surface area contributed by atoms with Crippen molar-refractivity contribution >= 4 is 0 Å². The van der Waals surface area contributed by atoms with Crippen LogP contribution in [0.4, 0.5) is 4.39 Å². The summed E-state index contributed by atoms with van der Waals surface area (Å²) in [4.78, 5) is 0. The van der Waals surface area contributed by atoms with Crippen molar-refractivity contribution < 1.29 is 4.39 Å². The van der Waals surface area contributed by atoms with Gasteiger partial charge in [-0.25, -0.2) is 4.39 Å². The van der Waals surface area contributed by atoms with Gasteiger partial charge in [0, 0.05) is 0 Å². The molecule has 0 spiro atoms. The lowest BCUT2D eigenvalue weighted by atomic mass is 10.1. The van der Waals surface area contributed by atoms with Gasteiger partial charge >= 0.3 is 0 Å². The fourth-order valence-electron chi connectivity index (χ4n) is 1.66. The molecular weight excluding hydrogens is 175 g/mol. The number of unbranched alkanes of at least 4 members (excludes halogenated alkanes) is 8. The highest BCUT2D eigenvalue weighted by Crippen LogP contribution is 2.11. The summed E-state index contributed by atoms with van der Waals surface area (Å²) in [5.74, 6) is 0. The molecule has 0 fully saturated rings. The molecule has 0 aliphatic rings. The third-order valence-electron chi connectivity index (χ3n) is 2.60. The maximum Gasteiger partial charge on any atom is 0.0973 e. The molecule has 0 saturated carbocycles. The van der Waals surface area contributed by atoms with E-state index in [-0.39, 0.29) is 0 Å². The van der Waals surface area contributed by atoms with E-state index >= 15 is 0 Å². The van der Waals surface area contributed by atoms with Gasteiger partial charge in [-0.05, 0) is 13.3 Å². The van der Waals surface area contributed by atoms with E-state index in [0.717, 1.165) is 19.3 Å². The average molecular weight is 201 g/mol. The summed E-state index contributed by atoms with van der Waals surface area (Å²) < 4.78 is 12.4. The first-order valence-electron chi connectivity index (χ1n) is 6.20. The van der Waals surface area contributed by atoms with Crippen LogP contribution in [-0.4, -0.2) is 6.17 Å². The molecule has 1 atom stereocenters. The van der Waals surface area contributed by atoms with E-state index in [1.54, 1.807) is 6.92 Å². The SMILES string of the molecule is [CH2]CCCCCCCCCCC(C)F. The van der Waals surface area contributed by atoms with Crippen molar-refractivity contribution in [1.29, 1.82) is 0 Å². The van der Waals surface area contributed by atoms with Crippen LogP contribution < -0.4 is 0 Å². The third kappa shape index (κ3) is 11.9. The van der Waals surface area contributed by atoms with Crippen LogP contribution in [0.1, 0.15) is 71.1 Å². The smallest absolute Gasteiger partial charge is 0.0973 e. The molecule has 0 rings (SSSR count). The molecule has 0 bridgehead atoms. The van der Waals surface area contributed by atoms with Gasteiger partial charge in [0.15, 0.2) is 0 Å². The van der Waals surface area contributed by atoms with Crippen molar-refractivity contribution in [2.45, 2.75) is 77.3 Å². The van der Waals surface area contributed by atoms with Crippen LogP contribution in [0.3, 0.4) is 0 Å². The lowest BCUT2D eigenvalue weighted by Gasteiger charge is -2.02. The van der Waals surface area contributed by atoms with Gasteiger partial charge < -0.3 is 0 Å². The second-order valence-corrected chi connectivity index (χ2v) is 4.25. The Balaban J connectivity index is 2.85. The van der Waals surface area contributed by atoms with Gasteiger partial charge in [0.1, 0.15) is 0 Å². The molecule has 14 heavy (non-hydrogen) atoms. The predicted molar refractivity (Wildman–Crippen MR) is 62.1 cm³/mol. The highest BCUT2D eigenvalue weighted by molar-refractivity contribution is 4.51. The molecule has 1 radical (unpaired) electrons. The van der Waals surface area contributed by atoms with E-state index in [2.05, 4.69) is 6.92 Å². The highest BCUT2D eigenvalue weighted by Gasteiger charge is 1.97. The van der Waals surface area contributed by atoms with E-state index in [4.69, 9.17) is 0 Å². The van der Waals surface area contributed by atoms with Gasteiger partial charge in [0.25, 0.3) is 0 Å². The summed E-state index contributed by atoms with van der Waals surface area (Å²) in [7, 11) is 0. The maximum atomic E-state index is 12.4. The lowest BCUT2D eigenvalue weighted by Crippen LogP contribution is -1.91. The molecule has 1 heteroatoms. The standard InChI is InChI=1S/C13H26F/c1-3-4-5-6-7-8-9-10-11-12-13(2)14/h13H,1,3-12H2,2H3. The summed E-state index contributed by atoms with van der Waals surface area (Å²) in [6.45, 7) is 5.48. The van der Waals surface area contributed by atoms with Gasteiger partial charge in [0.2, 0.25) is 0 Å². The molecule has 0 aromatic rings. The van der Waals surface area contributed by atoms with Crippen molar-refractivity contribution in [3.63, 3.8) is 0 Å². The third-order valence-corrected chi connectivity index (χ3v) is 2.60. The lowest BCUT2D eigenvalue weighted by molar-refractivity contribution is 0.329. The second kappa shape index (κ2) is 11.0. The molecule has 0 nitrogen and oxygen atoms in total. The first-order valence-corrected chi connectivity index (χ1v) is 6.20. The van der Waals surface area contributed by atoms with Crippen LogP contribution in [-0.2, 0) is 0 Å². The minimum Gasteiger partial charge on any atom is -0.248 e. The zero-order valence-corrected chi connectivity index (χ0v) is 9.73. The van der Waals surface area contributed by atoms with Crippen molar-refractivity contribution in [1.82, 2.24) is 0 Å². The van der Waals surface area contributed by atoms with Crippen LogP contribution in [0.15, 0.2) is 0 Å². The fourth-order valence-corrected chi connectivity index (χ4v) is 1.66. The van der Waals surface area contributed by atoms with Crippen molar-refractivity contribution in [2.75, 3.05) is 0 Å². The molecule has 0 saturated heterocycles. The molecule has 0 aliphatic carbocycles. The quantitative estimate of drug-likeness (QED) is 0.432. The van der Waals surface area contributed by atoms with Gasteiger partial charge in [-0.3, -0.25) is 0 Å². The van der Waals surface area contributed by atoms with Crippen LogP contribution >= 0.6 is 0 Å². The summed E-state index contributed by atoms with van der Waals surface area (Å²) in [5, 5.41) is 0. The van der Waals surface area contributed by atoms with E-state index in [1.807, 2.05) is 0 Å². The van der Waals surface area contributed by atoms with Crippen LogP contribution in [0, 0.1) is 6.92 Å². The zero-order valence-electron chi connectivity index (χ0n) is 9.73. The minimum atomic E-state index is -0.605. The number of hydrogen-bond donors (Lipinski definition) is 0. The van der Waals surface area contributed by atoms with Crippen molar-refractivity contribution in [3.05, 3.63) is 6.92 Å². The van der Waals surface area contributed by atoms with Crippen LogP contribution in [0.5, 0.6) is 0 Å². The monoisotopic (exact) mass is 201 g/mol. The normalized spacial score (nSPS) is 13.1. The topological polar surface area (TPSA) is 0 Å². The second-order valence-electron chi connectivity index (χ2n) is 4.25. The predicted octanol–water partition coefficient (Wildman–Crippen LogP) is 5.08. The Morgan fingerprint density at radius 1 is 0.857 bits per heavy atom. The summed E-state index contributed by atoms with van der Waals surface area (Å²) in [6, 6.07) is 0. The van der Waals surface area contributed by atoms with Crippen molar-refractivity contribution in [2.24, 2.45) is 0 Å². The Labute approximate surface area is 89.3 Å². The van der Waals surface area contributed by atoms with Gasteiger partial charge in [-0.1, -0.05) is 64.7 Å².